The van der Waals surface area contributed by atoms with Crippen molar-refractivity contribution in [2.45, 2.75) is 26.8 Å². The fourth-order valence-electron chi connectivity index (χ4n) is 4.65. The van der Waals surface area contributed by atoms with Crippen molar-refractivity contribution in [1.29, 1.82) is 0 Å². The second-order valence-corrected chi connectivity index (χ2v) is 9.84. The molecule has 0 bridgehead atoms. The van der Waals surface area contributed by atoms with Gasteiger partial charge < -0.3 is 14.6 Å². The third-order valence-electron chi connectivity index (χ3n) is 6.32. The van der Waals surface area contributed by atoms with Gasteiger partial charge >= 0.3 is 5.91 Å². The Hall–Kier alpha value is -4.17. The van der Waals surface area contributed by atoms with E-state index in [0.29, 0.717) is 34.4 Å². The second kappa shape index (κ2) is 9.71. The molecule has 0 spiro atoms. The van der Waals surface area contributed by atoms with Gasteiger partial charge in [0.2, 0.25) is 0 Å². The first-order valence-electron chi connectivity index (χ1n) is 11.9. The van der Waals surface area contributed by atoms with Crippen LogP contribution >= 0.6 is 11.3 Å². The lowest BCUT2D eigenvalue weighted by Crippen LogP contribution is -2.29. The van der Waals surface area contributed by atoms with Crippen molar-refractivity contribution in [3.63, 3.8) is 0 Å². The lowest BCUT2D eigenvalue weighted by molar-refractivity contribution is -0.132. The maximum absolute atomic E-state index is 13.5. The summed E-state index contributed by atoms with van der Waals surface area (Å²) < 4.78 is 11.8. The van der Waals surface area contributed by atoms with Crippen LogP contribution in [0.3, 0.4) is 0 Å². The molecule has 1 saturated heterocycles. The van der Waals surface area contributed by atoms with Gasteiger partial charge in [-0.05, 0) is 79.9 Å². The van der Waals surface area contributed by atoms with Crippen LogP contribution in [0.5, 0.6) is 11.5 Å². The first-order valence-corrected chi connectivity index (χ1v) is 12.7. The molecular weight excluding hydrogens is 488 g/mol. The number of carbonyl (C=O) groups excluding carboxylic acids is 2. The van der Waals surface area contributed by atoms with E-state index in [1.54, 1.807) is 55.6 Å². The molecule has 1 amide bonds. The van der Waals surface area contributed by atoms with Crippen LogP contribution in [0.2, 0.25) is 0 Å². The summed E-state index contributed by atoms with van der Waals surface area (Å²) in [5, 5.41) is 11.8. The molecular formula is C29H26N2O5S. The van der Waals surface area contributed by atoms with Crippen molar-refractivity contribution < 1.29 is 24.2 Å². The molecule has 1 aliphatic heterocycles. The number of aliphatic hydroxyl groups is 1. The molecule has 1 N–H and O–H groups in total. The molecule has 37 heavy (non-hydrogen) atoms. The van der Waals surface area contributed by atoms with E-state index in [9.17, 15) is 14.7 Å². The zero-order chi connectivity index (χ0) is 26.3. The number of aliphatic hydroxyl groups excluding tert-OH is 1. The monoisotopic (exact) mass is 514 g/mol. The number of ketones is 1. The van der Waals surface area contributed by atoms with Crippen LogP contribution in [0.4, 0.5) is 5.13 Å². The first-order chi connectivity index (χ1) is 17.8. The third-order valence-corrected chi connectivity index (χ3v) is 7.32. The van der Waals surface area contributed by atoms with Crippen molar-refractivity contribution in [3.8, 4) is 11.5 Å². The number of nitrogens with zero attached hydrogens (tertiary/aromatic N) is 2. The SMILES string of the molecule is CCOc1ccc(C(O)=C2C(=O)C(=O)N(c3nc4c(C)cc(C)cc4s3)[C@H]2c2cccc(OC)c2)cc1. The molecule has 1 fully saturated rings. The van der Waals surface area contributed by atoms with Gasteiger partial charge in [-0.15, -0.1) is 0 Å². The third kappa shape index (κ3) is 4.34. The summed E-state index contributed by atoms with van der Waals surface area (Å²) in [5.41, 5.74) is 3.88. The maximum atomic E-state index is 13.5. The Morgan fingerprint density at radius 3 is 2.51 bits per heavy atom. The molecule has 2 heterocycles. The molecule has 0 saturated carbocycles. The fourth-order valence-corrected chi connectivity index (χ4v) is 5.82. The molecule has 4 aromatic rings. The van der Waals surface area contributed by atoms with E-state index in [4.69, 9.17) is 14.5 Å². The van der Waals surface area contributed by atoms with Gasteiger partial charge in [-0.3, -0.25) is 14.5 Å². The highest BCUT2D eigenvalue weighted by molar-refractivity contribution is 7.22. The zero-order valence-electron chi connectivity index (χ0n) is 20.9. The maximum Gasteiger partial charge on any atom is 0.301 e. The summed E-state index contributed by atoms with van der Waals surface area (Å²) in [7, 11) is 1.55. The molecule has 5 rings (SSSR count). The van der Waals surface area contributed by atoms with Gasteiger partial charge in [-0.25, -0.2) is 4.98 Å². The molecule has 1 aliphatic rings. The average Bonchev–Trinajstić information content (AvgIpc) is 3.43. The van der Waals surface area contributed by atoms with Gasteiger partial charge in [0.1, 0.15) is 17.3 Å². The van der Waals surface area contributed by atoms with Crippen molar-refractivity contribution in [1.82, 2.24) is 4.98 Å². The number of carbonyl (C=O) groups is 2. The number of benzene rings is 3. The minimum atomic E-state index is -0.886. The van der Waals surface area contributed by atoms with Gasteiger partial charge in [0, 0.05) is 5.56 Å². The highest BCUT2D eigenvalue weighted by atomic mass is 32.1. The number of amides is 1. The van der Waals surface area contributed by atoms with Crippen molar-refractivity contribution >= 4 is 44.1 Å². The largest absolute Gasteiger partial charge is 0.507 e. The molecule has 3 aromatic carbocycles. The van der Waals surface area contributed by atoms with Crippen LogP contribution in [-0.4, -0.2) is 35.5 Å². The number of aryl methyl sites for hydroxylation is 2. The molecule has 8 heteroatoms. The minimum Gasteiger partial charge on any atom is -0.507 e. The number of rotatable bonds is 6. The molecule has 188 valence electrons. The lowest BCUT2D eigenvalue weighted by atomic mass is 9.95. The Balaban J connectivity index is 1.71. The number of hydrogen-bond donors (Lipinski definition) is 1. The van der Waals surface area contributed by atoms with Gasteiger partial charge in [0.15, 0.2) is 5.13 Å². The number of fused-ring (bicyclic) bond motifs is 1. The summed E-state index contributed by atoms with van der Waals surface area (Å²) in [5.74, 6) is -0.561. The smallest absolute Gasteiger partial charge is 0.301 e. The normalized spacial score (nSPS) is 17.0. The lowest BCUT2D eigenvalue weighted by Gasteiger charge is -2.23. The van der Waals surface area contributed by atoms with Crippen LogP contribution in [-0.2, 0) is 9.59 Å². The summed E-state index contributed by atoms with van der Waals surface area (Å²) in [4.78, 5) is 33.1. The second-order valence-electron chi connectivity index (χ2n) is 8.83. The topological polar surface area (TPSA) is 89.0 Å². The van der Waals surface area contributed by atoms with E-state index >= 15 is 0 Å². The zero-order valence-corrected chi connectivity index (χ0v) is 21.8. The minimum absolute atomic E-state index is 0.00503. The van der Waals surface area contributed by atoms with Crippen LogP contribution in [0.25, 0.3) is 16.0 Å². The molecule has 0 unspecified atom stereocenters. The van der Waals surface area contributed by atoms with Crippen molar-refractivity contribution in [3.05, 3.63) is 88.5 Å². The predicted molar refractivity (Wildman–Crippen MR) is 144 cm³/mol. The summed E-state index contributed by atoms with van der Waals surface area (Å²) in [6.07, 6.45) is 0. The molecule has 1 aromatic heterocycles. The summed E-state index contributed by atoms with van der Waals surface area (Å²) in [6, 6.07) is 17.1. The molecule has 7 nitrogen and oxygen atoms in total. The van der Waals surface area contributed by atoms with E-state index in [-0.39, 0.29) is 11.3 Å². The van der Waals surface area contributed by atoms with E-state index in [1.807, 2.05) is 32.9 Å². The molecule has 1 atom stereocenters. The summed E-state index contributed by atoms with van der Waals surface area (Å²) in [6.45, 7) is 6.37. The predicted octanol–water partition coefficient (Wildman–Crippen LogP) is 5.95. The molecule has 0 aliphatic carbocycles. The molecule has 0 radical (unpaired) electrons. The highest BCUT2D eigenvalue weighted by Crippen LogP contribution is 2.45. The van der Waals surface area contributed by atoms with Gasteiger partial charge in [0.25, 0.3) is 5.78 Å². The quantitative estimate of drug-likeness (QED) is 0.194. The number of aromatic nitrogens is 1. The van der Waals surface area contributed by atoms with E-state index in [1.165, 1.54) is 16.2 Å². The van der Waals surface area contributed by atoms with E-state index in [2.05, 4.69) is 0 Å². The number of thiazole rings is 1. The number of anilines is 1. The van der Waals surface area contributed by atoms with Crippen LogP contribution in [0.1, 0.15) is 35.2 Å². The Labute approximate surface area is 218 Å². The first kappa shape index (κ1) is 24.5. The number of Topliss-reactive ketones (excluding diaryl/α,β-unsaturated/α-hetero) is 1. The van der Waals surface area contributed by atoms with Crippen molar-refractivity contribution in [2.75, 3.05) is 18.6 Å². The number of hydrogen-bond acceptors (Lipinski definition) is 7. The highest BCUT2D eigenvalue weighted by Gasteiger charge is 2.48. The Morgan fingerprint density at radius 2 is 1.81 bits per heavy atom. The van der Waals surface area contributed by atoms with Crippen LogP contribution in [0.15, 0.2) is 66.2 Å². The Kier molecular flexibility index (Phi) is 6.43. The fraction of sp³-hybridized carbons (Fsp3) is 0.207. The van der Waals surface area contributed by atoms with Gasteiger partial charge in [-0.2, -0.15) is 0 Å². The summed E-state index contributed by atoms with van der Waals surface area (Å²) >= 11 is 1.34. The average molecular weight is 515 g/mol. The number of ether oxygens (including phenoxy) is 2. The van der Waals surface area contributed by atoms with Crippen LogP contribution < -0.4 is 14.4 Å². The Bertz CT molecular complexity index is 1550. The van der Waals surface area contributed by atoms with E-state index in [0.717, 1.165) is 21.3 Å². The number of methoxy groups -OCH3 is 1. The standard InChI is InChI=1S/C29H26N2O5S/c1-5-36-20-11-9-18(10-12-20)26(32)23-25(19-7-6-8-21(15-19)35-4)31(28(34)27(23)33)29-30-24-17(3)13-16(2)14-22(24)37-29/h6-15,25,32H,5H2,1-4H3/t25-/m0/s1. The van der Waals surface area contributed by atoms with Crippen molar-refractivity contribution in [2.24, 2.45) is 0 Å². The van der Waals surface area contributed by atoms with Gasteiger partial charge in [0.05, 0.1) is 35.5 Å². The van der Waals surface area contributed by atoms with E-state index < -0.39 is 17.7 Å². The van der Waals surface area contributed by atoms with Crippen LogP contribution in [0, 0.1) is 13.8 Å². The Morgan fingerprint density at radius 1 is 1.05 bits per heavy atom. The van der Waals surface area contributed by atoms with Gasteiger partial charge in [-0.1, -0.05) is 29.5 Å².